The summed E-state index contributed by atoms with van der Waals surface area (Å²) in [6.45, 7) is 7.91. The largest absolute Gasteiger partial charge is 0.508 e. The van der Waals surface area contributed by atoms with E-state index in [1.165, 1.54) is 0 Å². The molecule has 0 unspecified atom stereocenters. The Balaban J connectivity index is 0.000000163. The molecule has 0 spiro atoms. The summed E-state index contributed by atoms with van der Waals surface area (Å²) in [6, 6.07) is 32.2. The monoisotopic (exact) mass is 543 g/mol. The van der Waals surface area contributed by atoms with E-state index in [4.69, 9.17) is 0 Å². The number of nitrogens with zero attached hydrogens (tertiary/aromatic N) is 2. The maximum absolute atomic E-state index is 9.56. The minimum absolute atomic E-state index is 0. The van der Waals surface area contributed by atoms with Crippen molar-refractivity contribution in [3.63, 3.8) is 0 Å². The van der Waals surface area contributed by atoms with Gasteiger partial charge in [0.2, 0.25) is 0 Å². The number of pyridine rings is 2. The predicted molar refractivity (Wildman–Crippen MR) is 165 cm³/mol. The Morgan fingerprint density at radius 2 is 0.925 bits per heavy atom. The van der Waals surface area contributed by atoms with Crippen LogP contribution in [0, 0.1) is 27.7 Å². The standard InChI is InChI=1S/C12H10O.2C11H11NO.Al/c13-12-8-4-7-11(9-12)10-5-2-1-3-6-10;2*1-7-6-8(2)12-11-9(7)4-3-5-10(11)13;/h1-9,13H;2*3-6,13H,1-2H3;. The molecule has 2 heterocycles. The molecule has 199 valence electrons. The van der Waals surface area contributed by atoms with Crippen LogP contribution in [-0.2, 0) is 0 Å². The van der Waals surface area contributed by atoms with Crippen LogP contribution in [0.1, 0.15) is 22.5 Å². The third kappa shape index (κ3) is 7.39. The number of rotatable bonds is 1. The predicted octanol–water partition coefficient (Wildman–Crippen LogP) is 7.79. The van der Waals surface area contributed by atoms with Gasteiger partial charge in [0.25, 0.3) is 0 Å². The number of aromatic hydroxyl groups is 3. The Morgan fingerprint density at radius 1 is 0.475 bits per heavy atom. The number of aromatic nitrogens is 2. The lowest BCUT2D eigenvalue weighted by Gasteiger charge is -2.04. The van der Waals surface area contributed by atoms with Gasteiger partial charge in [0.15, 0.2) is 0 Å². The molecular weight excluding hydrogens is 511 g/mol. The smallest absolute Gasteiger partial charge is 0.141 e. The van der Waals surface area contributed by atoms with E-state index in [1.54, 1.807) is 24.3 Å². The highest BCUT2D eigenvalue weighted by molar-refractivity contribution is 5.87. The van der Waals surface area contributed by atoms with Gasteiger partial charge in [-0.25, -0.2) is 9.97 Å². The fourth-order valence-electron chi connectivity index (χ4n) is 4.45. The Kier molecular flexibility index (Phi) is 10.3. The first kappa shape index (κ1) is 30.2. The summed E-state index contributed by atoms with van der Waals surface area (Å²) in [5.74, 6) is 0.815. The molecule has 0 aliphatic carbocycles. The van der Waals surface area contributed by atoms with Crippen LogP contribution in [0.5, 0.6) is 17.2 Å². The van der Waals surface area contributed by atoms with E-state index in [0.717, 1.165) is 44.4 Å². The van der Waals surface area contributed by atoms with Gasteiger partial charge in [0.1, 0.15) is 28.3 Å². The lowest BCUT2D eigenvalue weighted by atomic mass is 10.1. The average Bonchev–Trinajstić information content (AvgIpc) is 2.91. The second kappa shape index (κ2) is 13.6. The van der Waals surface area contributed by atoms with E-state index in [0.29, 0.717) is 16.8 Å². The van der Waals surface area contributed by atoms with Crippen LogP contribution >= 0.6 is 0 Å². The number of phenolic OH excluding ortho intramolecular Hbond substituents is 3. The summed E-state index contributed by atoms with van der Waals surface area (Å²) in [5.41, 5.74) is 7.73. The molecule has 3 radical (unpaired) electrons. The molecule has 0 atom stereocenters. The van der Waals surface area contributed by atoms with E-state index in [-0.39, 0.29) is 28.9 Å². The average molecular weight is 544 g/mol. The zero-order valence-corrected chi connectivity index (χ0v) is 24.3. The summed E-state index contributed by atoms with van der Waals surface area (Å²) >= 11 is 0. The number of hydrogen-bond donors (Lipinski definition) is 3. The van der Waals surface area contributed by atoms with Crippen molar-refractivity contribution in [3.8, 4) is 28.4 Å². The fourth-order valence-corrected chi connectivity index (χ4v) is 4.45. The molecule has 6 aromatic rings. The minimum atomic E-state index is 0. The summed E-state index contributed by atoms with van der Waals surface area (Å²) < 4.78 is 0. The molecule has 0 aliphatic heterocycles. The summed E-state index contributed by atoms with van der Waals surface area (Å²) in [7, 11) is 0. The van der Waals surface area contributed by atoms with Crippen LogP contribution in [-0.4, -0.2) is 42.6 Å². The SMILES string of the molecule is Cc1cc(C)c2cccc(O)c2n1.Cc1cc(C)c2cccc(O)c2n1.Oc1cccc(-c2ccccc2)c1.[Al]. The molecule has 4 aromatic carbocycles. The Bertz CT molecular complexity index is 1650. The van der Waals surface area contributed by atoms with Crippen molar-refractivity contribution in [2.75, 3.05) is 0 Å². The molecular formula is C34H32AlN2O3. The first-order chi connectivity index (χ1) is 18.7. The Morgan fingerprint density at radius 3 is 1.40 bits per heavy atom. The van der Waals surface area contributed by atoms with E-state index in [9.17, 15) is 15.3 Å². The van der Waals surface area contributed by atoms with Crippen LogP contribution in [0.4, 0.5) is 0 Å². The third-order valence-electron chi connectivity index (χ3n) is 6.26. The number of aryl methyl sites for hydroxylation is 4. The lowest BCUT2D eigenvalue weighted by Crippen LogP contribution is -1.87. The molecule has 5 nitrogen and oxygen atoms in total. The molecule has 0 amide bonds. The van der Waals surface area contributed by atoms with E-state index in [2.05, 4.69) is 9.97 Å². The topological polar surface area (TPSA) is 86.5 Å². The molecule has 40 heavy (non-hydrogen) atoms. The van der Waals surface area contributed by atoms with Crippen molar-refractivity contribution < 1.29 is 15.3 Å². The van der Waals surface area contributed by atoms with E-state index in [1.807, 2.05) is 107 Å². The maximum atomic E-state index is 9.56. The molecule has 6 rings (SSSR count). The van der Waals surface area contributed by atoms with Gasteiger partial charge >= 0.3 is 0 Å². The zero-order valence-electron chi connectivity index (χ0n) is 23.1. The van der Waals surface area contributed by atoms with Crippen molar-refractivity contribution in [1.29, 1.82) is 0 Å². The van der Waals surface area contributed by atoms with Gasteiger partial charge in [0, 0.05) is 39.5 Å². The molecule has 6 heteroatoms. The minimum Gasteiger partial charge on any atom is -0.508 e. The number of benzene rings is 4. The van der Waals surface area contributed by atoms with Crippen molar-refractivity contribution >= 4 is 39.2 Å². The number of hydrogen-bond acceptors (Lipinski definition) is 5. The highest BCUT2D eigenvalue weighted by atomic mass is 27.0. The van der Waals surface area contributed by atoms with Gasteiger partial charge in [-0.1, -0.05) is 66.7 Å². The number of para-hydroxylation sites is 2. The molecule has 0 saturated heterocycles. The van der Waals surface area contributed by atoms with Crippen LogP contribution in [0.3, 0.4) is 0 Å². The molecule has 0 saturated carbocycles. The van der Waals surface area contributed by atoms with Crippen molar-refractivity contribution in [1.82, 2.24) is 9.97 Å². The second-order valence-corrected chi connectivity index (χ2v) is 9.42. The number of fused-ring (bicyclic) bond motifs is 2. The van der Waals surface area contributed by atoms with E-state index >= 15 is 0 Å². The van der Waals surface area contributed by atoms with Gasteiger partial charge in [-0.2, -0.15) is 0 Å². The first-order valence-electron chi connectivity index (χ1n) is 12.7. The molecule has 2 aromatic heterocycles. The first-order valence-corrected chi connectivity index (χ1v) is 12.7. The van der Waals surface area contributed by atoms with Gasteiger partial charge in [-0.05, 0) is 86.3 Å². The third-order valence-corrected chi connectivity index (χ3v) is 6.26. The van der Waals surface area contributed by atoms with Gasteiger partial charge in [0.05, 0.1) is 0 Å². The summed E-state index contributed by atoms with van der Waals surface area (Å²) in [5, 5.41) is 30.4. The summed E-state index contributed by atoms with van der Waals surface area (Å²) in [6.07, 6.45) is 0. The number of phenols is 3. The van der Waals surface area contributed by atoms with Crippen LogP contribution < -0.4 is 0 Å². The van der Waals surface area contributed by atoms with Crippen molar-refractivity contribution in [3.05, 3.63) is 126 Å². The van der Waals surface area contributed by atoms with Gasteiger partial charge in [-0.15, -0.1) is 0 Å². The molecule has 0 aliphatic rings. The zero-order chi connectivity index (χ0) is 27.9. The van der Waals surface area contributed by atoms with Crippen LogP contribution in [0.2, 0.25) is 0 Å². The Hall–Kier alpha value is -4.37. The van der Waals surface area contributed by atoms with Crippen molar-refractivity contribution in [2.24, 2.45) is 0 Å². The highest BCUT2D eigenvalue weighted by Gasteiger charge is 2.04. The van der Waals surface area contributed by atoms with Gasteiger partial charge < -0.3 is 15.3 Å². The second-order valence-electron chi connectivity index (χ2n) is 9.42. The molecule has 3 N–H and O–H groups in total. The van der Waals surface area contributed by atoms with Crippen LogP contribution in [0.15, 0.2) is 103 Å². The van der Waals surface area contributed by atoms with E-state index < -0.39 is 0 Å². The molecule has 0 fully saturated rings. The van der Waals surface area contributed by atoms with Gasteiger partial charge in [-0.3, -0.25) is 0 Å². The van der Waals surface area contributed by atoms with Crippen LogP contribution in [0.25, 0.3) is 32.9 Å². The molecule has 0 bridgehead atoms. The highest BCUT2D eigenvalue weighted by Crippen LogP contribution is 2.26. The lowest BCUT2D eigenvalue weighted by molar-refractivity contribution is 0.475. The van der Waals surface area contributed by atoms with Crippen molar-refractivity contribution in [2.45, 2.75) is 27.7 Å². The Labute approximate surface area is 245 Å². The fraction of sp³-hybridized carbons (Fsp3) is 0.118. The maximum Gasteiger partial charge on any atom is 0.141 e. The summed E-state index contributed by atoms with van der Waals surface area (Å²) in [4.78, 5) is 8.57. The quantitative estimate of drug-likeness (QED) is 0.184. The normalized spacial score (nSPS) is 10.1.